The highest BCUT2D eigenvalue weighted by Gasteiger charge is 2.21. The zero-order valence-corrected chi connectivity index (χ0v) is 14.6. The summed E-state index contributed by atoms with van der Waals surface area (Å²) in [6, 6.07) is 12.8. The zero-order valence-electron chi connectivity index (χ0n) is 14.6. The molecule has 0 aliphatic rings. The zero-order chi connectivity index (χ0) is 19.6. The van der Waals surface area contributed by atoms with E-state index in [-0.39, 0.29) is 31.1 Å². The summed E-state index contributed by atoms with van der Waals surface area (Å²) in [5.74, 6) is -1.03. The second kappa shape index (κ2) is 9.86. The number of nitrogens with one attached hydrogen (secondary N) is 1. The molecule has 0 fully saturated rings. The molecular formula is C20H21NO6. The van der Waals surface area contributed by atoms with Crippen molar-refractivity contribution in [2.24, 2.45) is 0 Å². The van der Waals surface area contributed by atoms with Gasteiger partial charge in [-0.2, -0.15) is 0 Å². The van der Waals surface area contributed by atoms with E-state index >= 15 is 0 Å². The number of rotatable bonds is 9. The van der Waals surface area contributed by atoms with E-state index in [0.717, 1.165) is 5.56 Å². The van der Waals surface area contributed by atoms with Gasteiger partial charge in [0.25, 0.3) is 0 Å². The van der Waals surface area contributed by atoms with Crippen LogP contribution in [0.5, 0.6) is 11.5 Å². The molecule has 0 radical (unpaired) electrons. The van der Waals surface area contributed by atoms with Gasteiger partial charge in [0.1, 0.15) is 19.3 Å². The summed E-state index contributed by atoms with van der Waals surface area (Å²) >= 11 is 0. The predicted molar refractivity (Wildman–Crippen MR) is 98.7 cm³/mol. The molecule has 2 rings (SSSR count). The van der Waals surface area contributed by atoms with Crippen molar-refractivity contribution in [3.05, 3.63) is 72.3 Å². The second-order valence-electron chi connectivity index (χ2n) is 5.70. The number of ether oxygens (including phenoxy) is 2. The smallest absolute Gasteiger partial charge is 0.408 e. The van der Waals surface area contributed by atoms with Gasteiger partial charge < -0.3 is 25.0 Å². The number of aliphatic carboxylic acids is 1. The maximum absolute atomic E-state index is 11.6. The number of carboxylic acids is 1. The van der Waals surface area contributed by atoms with Crippen molar-refractivity contribution in [3.63, 3.8) is 0 Å². The van der Waals surface area contributed by atoms with Crippen LogP contribution in [0.2, 0.25) is 0 Å². The number of hydrogen-bond acceptors (Lipinski definition) is 5. The van der Waals surface area contributed by atoms with Gasteiger partial charge >= 0.3 is 12.1 Å². The molecule has 3 N–H and O–H groups in total. The van der Waals surface area contributed by atoms with E-state index in [0.29, 0.717) is 5.56 Å². The van der Waals surface area contributed by atoms with E-state index in [9.17, 15) is 19.8 Å². The van der Waals surface area contributed by atoms with Crippen molar-refractivity contribution in [2.45, 2.75) is 19.1 Å². The first-order chi connectivity index (χ1) is 13.0. The van der Waals surface area contributed by atoms with E-state index in [4.69, 9.17) is 9.47 Å². The van der Waals surface area contributed by atoms with Crippen LogP contribution in [0, 0.1) is 0 Å². The van der Waals surface area contributed by atoms with Crippen molar-refractivity contribution in [1.82, 2.24) is 5.32 Å². The van der Waals surface area contributed by atoms with Crippen LogP contribution >= 0.6 is 0 Å². The first-order valence-corrected chi connectivity index (χ1v) is 8.25. The number of hydrogen-bond donors (Lipinski definition) is 3. The van der Waals surface area contributed by atoms with Crippen LogP contribution in [0.15, 0.2) is 61.2 Å². The molecule has 7 nitrogen and oxygen atoms in total. The third-order valence-corrected chi connectivity index (χ3v) is 3.62. The average Bonchev–Trinajstić information content (AvgIpc) is 2.66. The largest absolute Gasteiger partial charge is 0.504 e. The Morgan fingerprint density at radius 3 is 2.56 bits per heavy atom. The Labute approximate surface area is 156 Å². The fourth-order valence-corrected chi connectivity index (χ4v) is 2.29. The maximum Gasteiger partial charge on any atom is 0.408 e. The number of aromatic hydroxyl groups is 1. The molecule has 0 heterocycles. The fraction of sp³-hybridized carbons (Fsp3) is 0.200. The van der Waals surface area contributed by atoms with E-state index < -0.39 is 18.1 Å². The number of benzene rings is 2. The van der Waals surface area contributed by atoms with Crippen LogP contribution in [0.3, 0.4) is 0 Å². The molecule has 142 valence electrons. The lowest BCUT2D eigenvalue weighted by molar-refractivity contribution is -0.139. The molecule has 2 aromatic rings. The van der Waals surface area contributed by atoms with Crippen molar-refractivity contribution in [1.29, 1.82) is 0 Å². The quantitative estimate of drug-likeness (QED) is 0.586. The van der Waals surface area contributed by atoms with Crippen LogP contribution in [-0.2, 0) is 22.6 Å². The van der Waals surface area contributed by atoms with Gasteiger partial charge in [-0.15, -0.1) is 0 Å². The summed E-state index contributed by atoms with van der Waals surface area (Å²) < 4.78 is 10.4. The number of alkyl carbamates (subject to hydrolysis) is 1. The number of carbonyl (C=O) groups excluding carboxylic acids is 1. The molecule has 27 heavy (non-hydrogen) atoms. The first-order valence-electron chi connectivity index (χ1n) is 8.25. The Kier molecular flexibility index (Phi) is 7.25. The monoisotopic (exact) mass is 371 g/mol. The van der Waals surface area contributed by atoms with Crippen molar-refractivity contribution >= 4 is 12.1 Å². The first kappa shape index (κ1) is 19.8. The van der Waals surface area contributed by atoms with Gasteiger partial charge in [0, 0.05) is 6.42 Å². The Bertz CT molecular complexity index is 790. The highest BCUT2D eigenvalue weighted by molar-refractivity contribution is 5.80. The molecule has 0 aliphatic carbocycles. The van der Waals surface area contributed by atoms with Crippen LogP contribution < -0.4 is 10.1 Å². The van der Waals surface area contributed by atoms with E-state index in [1.54, 1.807) is 12.1 Å². The number of phenols is 1. The predicted octanol–water partition coefficient (Wildman–Crippen LogP) is 2.88. The molecule has 1 amide bonds. The van der Waals surface area contributed by atoms with Gasteiger partial charge in [-0.1, -0.05) is 49.1 Å². The topological polar surface area (TPSA) is 105 Å². The highest BCUT2D eigenvalue weighted by Crippen LogP contribution is 2.28. The molecule has 0 bridgehead atoms. The van der Waals surface area contributed by atoms with Gasteiger partial charge in [0.05, 0.1) is 0 Å². The van der Waals surface area contributed by atoms with Crippen LogP contribution in [0.25, 0.3) is 0 Å². The highest BCUT2D eigenvalue weighted by atomic mass is 16.5. The Morgan fingerprint density at radius 2 is 1.89 bits per heavy atom. The Balaban J connectivity index is 2.04. The summed E-state index contributed by atoms with van der Waals surface area (Å²) in [5, 5.41) is 21.6. The van der Waals surface area contributed by atoms with Crippen LogP contribution in [0.4, 0.5) is 4.79 Å². The van der Waals surface area contributed by atoms with E-state index in [2.05, 4.69) is 11.9 Å². The molecule has 0 spiro atoms. The number of carboxylic acid groups (broad SMARTS) is 1. The Hall–Kier alpha value is -3.48. The van der Waals surface area contributed by atoms with Gasteiger partial charge in [-0.25, -0.2) is 9.59 Å². The Morgan fingerprint density at radius 1 is 1.15 bits per heavy atom. The summed E-state index contributed by atoms with van der Waals surface area (Å²) in [7, 11) is 0. The SMILES string of the molecule is C=CCOC(=O)NC(Cc1ccc(O)c(OCc2ccccc2)c1)C(=O)O. The lowest BCUT2D eigenvalue weighted by atomic mass is 10.1. The molecule has 1 unspecified atom stereocenters. The molecular weight excluding hydrogens is 350 g/mol. The molecule has 0 aliphatic heterocycles. The third-order valence-electron chi connectivity index (χ3n) is 3.62. The molecule has 0 saturated heterocycles. The lowest BCUT2D eigenvalue weighted by Gasteiger charge is -2.15. The van der Waals surface area contributed by atoms with Crippen molar-refractivity contribution in [3.8, 4) is 11.5 Å². The van der Waals surface area contributed by atoms with E-state index in [1.807, 2.05) is 30.3 Å². The number of phenolic OH excluding ortho intramolecular Hbond substituents is 1. The van der Waals surface area contributed by atoms with E-state index in [1.165, 1.54) is 12.1 Å². The standard InChI is InChI=1S/C20H21NO6/c1-2-10-26-20(25)21-16(19(23)24)11-15-8-9-17(22)18(12-15)27-13-14-6-4-3-5-7-14/h2-9,12,16,22H,1,10-11,13H2,(H,21,25)(H,23,24). The maximum atomic E-state index is 11.6. The van der Waals surface area contributed by atoms with Gasteiger partial charge in [-0.05, 0) is 23.3 Å². The van der Waals surface area contributed by atoms with Crippen LogP contribution in [0.1, 0.15) is 11.1 Å². The lowest BCUT2D eigenvalue weighted by Crippen LogP contribution is -2.42. The molecule has 0 aromatic heterocycles. The van der Waals surface area contributed by atoms with Gasteiger partial charge in [-0.3, -0.25) is 0 Å². The molecule has 0 saturated carbocycles. The summed E-state index contributed by atoms with van der Waals surface area (Å²) in [5.41, 5.74) is 1.50. The normalized spacial score (nSPS) is 11.3. The average molecular weight is 371 g/mol. The minimum atomic E-state index is -1.20. The molecule has 2 aromatic carbocycles. The fourth-order valence-electron chi connectivity index (χ4n) is 2.29. The third kappa shape index (κ3) is 6.39. The van der Waals surface area contributed by atoms with Gasteiger partial charge in [0.15, 0.2) is 11.5 Å². The van der Waals surface area contributed by atoms with Crippen molar-refractivity contribution < 1.29 is 29.3 Å². The summed E-state index contributed by atoms with van der Waals surface area (Å²) in [6.45, 7) is 3.65. The van der Waals surface area contributed by atoms with Crippen molar-refractivity contribution in [2.75, 3.05) is 6.61 Å². The minimum absolute atomic E-state index is 0.000496. The molecule has 1 atom stereocenters. The number of carbonyl (C=O) groups is 2. The van der Waals surface area contributed by atoms with Gasteiger partial charge in [0.2, 0.25) is 0 Å². The van der Waals surface area contributed by atoms with Crippen LogP contribution in [-0.4, -0.2) is 34.9 Å². The second-order valence-corrected chi connectivity index (χ2v) is 5.70. The number of amides is 1. The summed E-state index contributed by atoms with van der Waals surface area (Å²) in [6.07, 6.45) is 0.535. The molecule has 7 heteroatoms. The minimum Gasteiger partial charge on any atom is -0.504 e. The summed E-state index contributed by atoms with van der Waals surface area (Å²) in [4.78, 5) is 23.0.